The van der Waals surface area contributed by atoms with Gasteiger partial charge in [0.25, 0.3) is 0 Å². The van der Waals surface area contributed by atoms with Gasteiger partial charge in [0, 0.05) is 18.3 Å². The molecule has 0 radical (unpaired) electrons. The average molecular weight is 431 g/mol. The largest absolute Gasteiger partial charge is 0.469 e. The first-order valence-corrected chi connectivity index (χ1v) is 13.3. The Bertz CT molecular complexity index is 700. The molecule has 31 heavy (non-hydrogen) atoms. The highest BCUT2D eigenvalue weighted by Crippen LogP contribution is 2.69. The minimum atomic E-state index is -0.0889. The number of Topliss-reactive ketones (excluding diaryl/α,β-unsaturated/α-hetero) is 1. The molecule has 4 rings (SSSR count). The Morgan fingerprint density at radius 2 is 1.74 bits per heavy atom. The molecule has 4 aliphatic rings. The van der Waals surface area contributed by atoms with E-state index in [2.05, 4.69) is 34.6 Å². The molecule has 0 bridgehead atoms. The lowest BCUT2D eigenvalue weighted by molar-refractivity contribution is -0.170. The van der Waals surface area contributed by atoms with Gasteiger partial charge in [-0.1, -0.05) is 41.0 Å². The van der Waals surface area contributed by atoms with Crippen LogP contribution in [0.5, 0.6) is 0 Å². The van der Waals surface area contributed by atoms with E-state index in [1.165, 1.54) is 52.1 Å². The van der Waals surface area contributed by atoms with Crippen LogP contribution in [0.3, 0.4) is 0 Å². The summed E-state index contributed by atoms with van der Waals surface area (Å²) in [6.07, 6.45) is 11.3. The van der Waals surface area contributed by atoms with E-state index in [-0.39, 0.29) is 23.2 Å². The molecular weight excluding hydrogens is 384 g/mol. The zero-order valence-corrected chi connectivity index (χ0v) is 20.9. The molecule has 10 atom stereocenters. The maximum absolute atomic E-state index is 14.0. The number of esters is 1. The third-order valence-corrected chi connectivity index (χ3v) is 11.2. The first-order valence-electron chi connectivity index (χ1n) is 13.3. The molecule has 3 nitrogen and oxygen atoms in total. The Morgan fingerprint density at radius 3 is 2.42 bits per heavy atom. The molecule has 4 saturated carbocycles. The molecule has 4 aliphatic carbocycles. The van der Waals surface area contributed by atoms with Crippen molar-refractivity contribution in [1.82, 2.24) is 0 Å². The van der Waals surface area contributed by atoms with Gasteiger partial charge in [0.2, 0.25) is 0 Å². The molecule has 0 heterocycles. The smallest absolute Gasteiger partial charge is 0.305 e. The summed E-state index contributed by atoms with van der Waals surface area (Å²) in [5.41, 5.74) is 0.623. The van der Waals surface area contributed by atoms with Crippen LogP contribution >= 0.6 is 0 Å². The number of rotatable bonds is 5. The molecule has 0 spiro atoms. The monoisotopic (exact) mass is 430 g/mol. The zero-order valence-electron chi connectivity index (χ0n) is 20.9. The number of hydrogen-bond donors (Lipinski definition) is 0. The number of ketones is 1. The number of methoxy groups -OCH3 is 1. The Morgan fingerprint density at radius 1 is 1.06 bits per heavy atom. The highest BCUT2D eigenvalue weighted by Gasteiger charge is 2.64. The maximum atomic E-state index is 14.0. The topological polar surface area (TPSA) is 43.4 Å². The van der Waals surface area contributed by atoms with Crippen molar-refractivity contribution in [2.24, 2.45) is 58.2 Å². The number of carbonyl (C=O) groups is 2. The predicted octanol–water partition coefficient (Wildman–Crippen LogP) is 6.69. The van der Waals surface area contributed by atoms with Crippen LogP contribution in [0.1, 0.15) is 98.8 Å². The highest BCUT2D eigenvalue weighted by molar-refractivity contribution is 5.86. The van der Waals surface area contributed by atoms with Crippen LogP contribution < -0.4 is 0 Å². The summed E-state index contributed by atoms with van der Waals surface area (Å²) in [6, 6.07) is 0. The quantitative estimate of drug-likeness (QED) is 0.457. The fraction of sp³-hybridized carbons (Fsp3) is 0.929. The summed E-state index contributed by atoms with van der Waals surface area (Å²) in [5.74, 6) is 4.81. The van der Waals surface area contributed by atoms with Crippen molar-refractivity contribution in [2.45, 2.75) is 98.8 Å². The van der Waals surface area contributed by atoms with Crippen molar-refractivity contribution in [3.63, 3.8) is 0 Å². The number of ether oxygens (including phenoxy) is 1. The molecule has 0 N–H and O–H groups in total. The van der Waals surface area contributed by atoms with Crippen molar-refractivity contribution in [1.29, 1.82) is 0 Å². The molecular formula is C28H46O3. The fourth-order valence-electron chi connectivity index (χ4n) is 9.48. The lowest BCUT2D eigenvalue weighted by atomic mass is 9.41. The third kappa shape index (κ3) is 3.61. The summed E-state index contributed by atoms with van der Waals surface area (Å²) in [6.45, 7) is 12.1. The standard InChI is InChI=1S/C28H46O3/c1-7-19-23-16-17(2)12-14-28(23,5)22-13-15-27(4)20(18(3)8-11-24(29)31-6)9-10-21(27)25(22)26(19)30/h17-23,25H,7-16H2,1-6H3/t17-,18-,19-,20-,21?,22?,23+,25?,27-,28-/m1/s1. The average Bonchev–Trinajstić information content (AvgIpc) is 3.10. The van der Waals surface area contributed by atoms with Crippen molar-refractivity contribution in [3.05, 3.63) is 0 Å². The molecule has 176 valence electrons. The summed E-state index contributed by atoms with van der Waals surface area (Å²) >= 11 is 0. The van der Waals surface area contributed by atoms with Gasteiger partial charge in [-0.25, -0.2) is 0 Å². The minimum Gasteiger partial charge on any atom is -0.469 e. The van der Waals surface area contributed by atoms with Gasteiger partial charge in [0.05, 0.1) is 7.11 Å². The van der Waals surface area contributed by atoms with Gasteiger partial charge in [-0.3, -0.25) is 9.59 Å². The molecule has 0 aromatic rings. The highest BCUT2D eigenvalue weighted by atomic mass is 16.5. The lowest BCUT2D eigenvalue weighted by Crippen LogP contribution is -2.60. The van der Waals surface area contributed by atoms with Gasteiger partial charge in [0.1, 0.15) is 5.78 Å². The van der Waals surface area contributed by atoms with Gasteiger partial charge in [-0.2, -0.15) is 0 Å². The van der Waals surface area contributed by atoms with Crippen LogP contribution in [0.4, 0.5) is 0 Å². The molecule has 0 aromatic heterocycles. The van der Waals surface area contributed by atoms with Gasteiger partial charge in [-0.05, 0) is 97.7 Å². The first kappa shape index (κ1) is 23.3. The molecule has 0 aromatic carbocycles. The summed E-state index contributed by atoms with van der Waals surface area (Å²) < 4.78 is 4.89. The molecule has 3 unspecified atom stereocenters. The molecule has 4 fully saturated rings. The summed E-state index contributed by atoms with van der Waals surface area (Å²) in [5, 5.41) is 0. The van der Waals surface area contributed by atoms with E-state index in [4.69, 9.17) is 4.74 Å². The zero-order chi connectivity index (χ0) is 22.6. The van der Waals surface area contributed by atoms with E-state index in [1.807, 2.05) is 0 Å². The van der Waals surface area contributed by atoms with Crippen LogP contribution in [0, 0.1) is 58.2 Å². The first-order chi connectivity index (χ1) is 14.7. The van der Waals surface area contributed by atoms with Crippen LogP contribution in [0.2, 0.25) is 0 Å². The molecule has 0 amide bonds. The molecule has 0 saturated heterocycles. The normalized spacial score (nSPS) is 47.8. The van der Waals surface area contributed by atoms with Crippen LogP contribution in [-0.2, 0) is 14.3 Å². The number of fused-ring (bicyclic) bond motifs is 5. The van der Waals surface area contributed by atoms with E-state index in [9.17, 15) is 9.59 Å². The Labute approximate surface area is 190 Å². The number of carbonyl (C=O) groups excluding carboxylic acids is 2. The van der Waals surface area contributed by atoms with E-state index in [1.54, 1.807) is 0 Å². The Balaban J connectivity index is 1.59. The van der Waals surface area contributed by atoms with Crippen molar-refractivity contribution < 1.29 is 14.3 Å². The SMILES string of the molecule is CC[C@H]1C(=O)C2C3CC[C@H]([C@H](C)CCC(=O)OC)[C@@]3(C)CCC2[C@@]2(C)CC[C@@H](C)C[C@@H]12. The van der Waals surface area contributed by atoms with E-state index >= 15 is 0 Å². The molecule has 3 heteroatoms. The van der Waals surface area contributed by atoms with E-state index in [0.29, 0.717) is 47.2 Å². The van der Waals surface area contributed by atoms with Crippen LogP contribution in [0.25, 0.3) is 0 Å². The van der Waals surface area contributed by atoms with Gasteiger partial charge in [0.15, 0.2) is 0 Å². The number of hydrogen-bond acceptors (Lipinski definition) is 3. The Kier molecular flexibility index (Phi) is 6.38. The van der Waals surface area contributed by atoms with E-state index < -0.39 is 0 Å². The maximum Gasteiger partial charge on any atom is 0.305 e. The van der Waals surface area contributed by atoms with Gasteiger partial charge < -0.3 is 4.74 Å². The second kappa shape index (κ2) is 8.49. The van der Waals surface area contributed by atoms with Gasteiger partial charge >= 0.3 is 5.97 Å². The fourth-order valence-corrected chi connectivity index (χ4v) is 9.48. The summed E-state index contributed by atoms with van der Waals surface area (Å²) in [4.78, 5) is 25.8. The molecule has 0 aliphatic heterocycles. The second-order valence-electron chi connectivity index (χ2n) is 12.5. The lowest BCUT2D eigenvalue weighted by Gasteiger charge is -2.62. The second-order valence-corrected chi connectivity index (χ2v) is 12.5. The summed E-state index contributed by atoms with van der Waals surface area (Å²) in [7, 11) is 1.49. The third-order valence-electron chi connectivity index (χ3n) is 11.2. The van der Waals surface area contributed by atoms with Crippen molar-refractivity contribution in [2.75, 3.05) is 7.11 Å². The Hall–Kier alpha value is -0.860. The van der Waals surface area contributed by atoms with Gasteiger partial charge in [-0.15, -0.1) is 0 Å². The minimum absolute atomic E-state index is 0.0889. The van der Waals surface area contributed by atoms with Crippen molar-refractivity contribution >= 4 is 11.8 Å². The predicted molar refractivity (Wildman–Crippen MR) is 124 cm³/mol. The van der Waals surface area contributed by atoms with Crippen molar-refractivity contribution in [3.8, 4) is 0 Å². The van der Waals surface area contributed by atoms with Crippen LogP contribution in [-0.4, -0.2) is 18.9 Å². The van der Waals surface area contributed by atoms with Crippen LogP contribution in [0.15, 0.2) is 0 Å². The van der Waals surface area contributed by atoms with E-state index in [0.717, 1.165) is 18.8 Å².